The van der Waals surface area contributed by atoms with Gasteiger partial charge in [-0.25, -0.2) is 4.79 Å². The number of esters is 1. The minimum Gasteiger partial charge on any atom is -0.467 e. The van der Waals surface area contributed by atoms with E-state index in [1.165, 1.54) is 13.2 Å². The molecule has 0 bridgehead atoms. The zero-order valence-electron chi connectivity index (χ0n) is 6.20. The normalized spacial score (nSPS) is 15.5. The van der Waals surface area contributed by atoms with Gasteiger partial charge in [0, 0.05) is 5.92 Å². The largest absolute Gasteiger partial charge is 0.467 e. The lowest BCUT2D eigenvalue weighted by atomic mass is 10.1. The maximum Gasteiger partial charge on any atom is 0.335 e. The Morgan fingerprint density at radius 3 is 2.60 bits per heavy atom. The summed E-state index contributed by atoms with van der Waals surface area (Å²) in [4.78, 5) is 10.6. The van der Waals surface area contributed by atoms with Gasteiger partial charge < -0.3 is 9.84 Å². The first-order valence-electron chi connectivity index (χ1n) is 3.02. The molecule has 0 radical (unpaired) electrons. The molecule has 0 unspecified atom stereocenters. The molecule has 0 heterocycles. The maximum atomic E-state index is 10.6. The fraction of sp³-hybridized carbons (Fsp3) is 0.571. The number of hydrogen-bond acceptors (Lipinski definition) is 3. The van der Waals surface area contributed by atoms with Gasteiger partial charge in [-0.2, -0.15) is 0 Å². The van der Waals surface area contributed by atoms with Crippen LogP contribution < -0.4 is 0 Å². The SMILES string of the molecule is C=C[C@H](C)[C@@H](O)C(=O)OC. The minimum atomic E-state index is -1.08. The zero-order chi connectivity index (χ0) is 8.15. The molecule has 58 valence electrons. The van der Waals surface area contributed by atoms with Gasteiger partial charge in [0.05, 0.1) is 7.11 Å². The van der Waals surface area contributed by atoms with Crippen LogP contribution in [0.15, 0.2) is 12.7 Å². The molecule has 1 N–H and O–H groups in total. The third-order valence-electron chi connectivity index (χ3n) is 1.31. The molecule has 0 spiro atoms. The van der Waals surface area contributed by atoms with E-state index in [-0.39, 0.29) is 5.92 Å². The summed E-state index contributed by atoms with van der Waals surface area (Å²) in [5, 5.41) is 9.04. The molecule has 0 aliphatic heterocycles. The summed E-state index contributed by atoms with van der Waals surface area (Å²) in [6.07, 6.45) is 0.421. The summed E-state index contributed by atoms with van der Waals surface area (Å²) in [5.41, 5.74) is 0. The Morgan fingerprint density at radius 1 is 1.80 bits per heavy atom. The van der Waals surface area contributed by atoms with Crippen LogP contribution in [0.1, 0.15) is 6.92 Å². The van der Waals surface area contributed by atoms with Crippen molar-refractivity contribution in [2.75, 3.05) is 7.11 Å². The summed E-state index contributed by atoms with van der Waals surface area (Å²) in [6, 6.07) is 0. The van der Waals surface area contributed by atoms with Crippen molar-refractivity contribution in [2.24, 2.45) is 5.92 Å². The molecule has 10 heavy (non-hydrogen) atoms. The Morgan fingerprint density at radius 2 is 2.30 bits per heavy atom. The number of carbonyl (C=O) groups excluding carboxylic acids is 1. The Hall–Kier alpha value is -0.830. The molecule has 0 aliphatic carbocycles. The highest BCUT2D eigenvalue weighted by atomic mass is 16.5. The van der Waals surface area contributed by atoms with Crippen molar-refractivity contribution in [3.63, 3.8) is 0 Å². The molecule has 0 saturated carbocycles. The molecule has 0 aromatic rings. The van der Waals surface area contributed by atoms with Crippen molar-refractivity contribution in [1.82, 2.24) is 0 Å². The second kappa shape index (κ2) is 4.06. The van der Waals surface area contributed by atoms with Crippen LogP contribution in [-0.4, -0.2) is 24.3 Å². The van der Waals surface area contributed by atoms with Gasteiger partial charge in [0.15, 0.2) is 6.10 Å². The zero-order valence-corrected chi connectivity index (χ0v) is 6.20. The third-order valence-corrected chi connectivity index (χ3v) is 1.31. The quantitative estimate of drug-likeness (QED) is 0.459. The van der Waals surface area contributed by atoms with E-state index in [1.54, 1.807) is 6.92 Å². The van der Waals surface area contributed by atoms with Crippen LogP contribution in [0, 0.1) is 5.92 Å². The monoisotopic (exact) mass is 144 g/mol. The summed E-state index contributed by atoms with van der Waals surface area (Å²) >= 11 is 0. The van der Waals surface area contributed by atoms with E-state index in [2.05, 4.69) is 11.3 Å². The molecular weight excluding hydrogens is 132 g/mol. The number of carbonyl (C=O) groups is 1. The van der Waals surface area contributed by atoms with Crippen LogP contribution in [-0.2, 0) is 9.53 Å². The van der Waals surface area contributed by atoms with Gasteiger partial charge in [-0.05, 0) is 0 Å². The highest BCUT2D eigenvalue weighted by molar-refractivity contribution is 5.74. The first-order valence-corrected chi connectivity index (χ1v) is 3.02. The van der Waals surface area contributed by atoms with Gasteiger partial charge in [0.2, 0.25) is 0 Å². The number of ether oxygens (including phenoxy) is 1. The molecule has 3 heteroatoms. The van der Waals surface area contributed by atoms with Crippen LogP contribution in [0.4, 0.5) is 0 Å². The fourth-order valence-corrected chi connectivity index (χ4v) is 0.464. The van der Waals surface area contributed by atoms with Crippen molar-refractivity contribution >= 4 is 5.97 Å². The van der Waals surface area contributed by atoms with Gasteiger partial charge in [0.1, 0.15) is 0 Å². The van der Waals surface area contributed by atoms with Gasteiger partial charge in [-0.1, -0.05) is 13.0 Å². The standard InChI is InChI=1S/C7H12O3/c1-4-5(2)6(8)7(9)10-3/h4-6,8H,1H2,2-3H3/t5-,6+/m0/s1. The van der Waals surface area contributed by atoms with Crippen molar-refractivity contribution in [3.05, 3.63) is 12.7 Å². The average molecular weight is 144 g/mol. The second-order valence-corrected chi connectivity index (χ2v) is 2.06. The van der Waals surface area contributed by atoms with Gasteiger partial charge in [-0.3, -0.25) is 0 Å². The Bertz CT molecular complexity index is 131. The molecule has 0 aromatic heterocycles. The van der Waals surface area contributed by atoms with Gasteiger partial charge >= 0.3 is 5.97 Å². The second-order valence-electron chi connectivity index (χ2n) is 2.06. The highest BCUT2D eigenvalue weighted by Crippen LogP contribution is 2.04. The average Bonchev–Trinajstić information content (AvgIpc) is 2.00. The molecule has 0 aromatic carbocycles. The lowest BCUT2D eigenvalue weighted by Crippen LogP contribution is -2.27. The summed E-state index contributed by atoms with van der Waals surface area (Å²) < 4.78 is 4.30. The molecule has 0 saturated heterocycles. The summed E-state index contributed by atoms with van der Waals surface area (Å²) in [7, 11) is 1.24. The first kappa shape index (κ1) is 9.17. The van der Waals surface area contributed by atoms with Crippen LogP contribution in [0.5, 0.6) is 0 Å². The predicted octanol–water partition coefficient (Wildman–Crippen LogP) is 0.342. The van der Waals surface area contributed by atoms with Crippen LogP contribution >= 0.6 is 0 Å². The lowest BCUT2D eigenvalue weighted by molar-refractivity contribution is -0.152. The molecule has 0 fully saturated rings. The fourth-order valence-electron chi connectivity index (χ4n) is 0.464. The number of rotatable bonds is 3. The number of aliphatic hydroxyl groups excluding tert-OH is 1. The number of hydrogen-bond donors (Lipinski definition) is 1. The molecule has 0 amide bonds. The van der Waals surface area contributed by atoms with Gasteiger partial charge in [0.25, 0.3) is 0 Å². The van der Waals surface area contributed by atoms with E-state index in [0.717, 1.165) is 0 Å². The number of aliphatic hydroxyl groups is 1. The summed E-state index contributed by atoms with van der Waals surface area (Å²) in [5.74, 6) is -0.875. The van der Waals surface area contributed by atoms with E-state index in [9.17, 15) is 4.79 Å². The van der Waals surface area contributed by atoms with Gasteiger partial charge in [-0.15, -0.1) is 6.58 Å². The van der Waals surface area contributed by atoms with E-state index in [0.29, 0.717) is 0 Å². The molecule has 0 rings (SSSR count). The van der Waals surface area contributed by atoms with Crippen LogP contribution in [0.3, 0.4) is 0 Å². The lowest BCUT2D eigenvalue weighted by Gasteiger charge is -2.11. The summed E-state index contributed by atoms with van der Waals surface area (Å²) in [6.45, 7) is 5.12. The van der Waals surface area contributed by atoms with Crippen molar-refractivity contribution in [2.45, 2.75) is 13.0 Å². The Labute approximate surface area is 60.3 Å². The topological polar surface area (TPSA) is 46.5 Å². The van der Waals surface area contributed by atoms with E-state index in [4.69, 9.17) is 5.11 Å². The van der Waals surface area contributed by atoms with Crippen molar-refractivity contribution < 1.29 is 14.6 Å². The third kappa shape index (κ3) is 2.19. The minimum absolute atomic E-state index is 0.257. The Kier molecular flexibility index (Phi) is 3.72. The first-order chi connectivity index (χ1) is 4.63. The van der Waals surface area contributed by atoms with E-state index in [1.807, 2.05) is 0 Å². The van der Waals surface area contributed by atoms with Crippen molar-refractivity contribution in [3.8, 4) is 0 Å². The maximum absolute atomic E-state index is 10.6. The predicted molar refractivity (Wildman–Crippen MR) is 37.4 cm³/mol. The molecular formula is C7H12O3. The van der Waals surface area contributed by atoms with Crippen LogP contribution in [0.2, 0.25) is 0 Å². The van der Waals surface area contributed by atoms with E-state index < -0.39 is 12.1 Å². The van der Waals surface area contributed by atoms with E-state index >= 15 is 0 Å². The Balaban J connectivity index is 3.93. The van der Waals surface area contributed by atoms with Crippen molar-refractivity contribution in [1.29, 1.82) is 0 Å². The number of methoxy groups -OCH3 is 1. The smallest absolute Gasteiger partial charge is 0.335 e. The van der Waals surface area contributed by atoms with Crippen LogP contribution in [0.25, 0.3) is 0 Å². The highest BCUT2D eigenvalue weighted by Gasteiger charge is 2.19. The molecule has 3 nitrogen and oxygen atoms in total. The molecule has 0 aliphatic rings. The molecule has 2 atom stereocenters.